The van der Waals surface area contributed by atoms with E-state index < -0.39 is 0 Å². The van der Waals surface area contributed by atoms with E-state index >= 15 is 0 Å². The fourth-order valence-corrected chi connectivity index (χ4v) is 3.90. The molecule has 0 fully saturated rings. The van der Waals surface area contributed by atoms with Crippen LogP contribution in [-0.2, 0) is 45.6 Å². The van der Waals surface area contributed by atoms with Gasteiger partial charge in [-0.05, 0) is 37.0 Å². The predicted octanol–water partition coefficient (Wildman–Crippen LogP) is 4.27. The molecule has 0 N–H and O–H groups in total. The zero-order chi connectivity index (χ0) is 13.5. The zero-order valence-electron chi connectivity index (χ0n) is 11.7. The molecule has 0 bridgehead atoms. The molecule has 0 atom stereocenters. The van der Waals surface area contributed by atoms with Crippen LogP contribution in [0.3, 0.4) is 0 Å². The van der Waals surface area contributed by atoms with Gasteiger partial charge in [-0.3, -0.25) is 0 Å². The third-order valence-electron chi connectivity index (χ3n) is 3.79. The Balaban J connectivity index is 0.00000132. The summed E-state index contributed by atoms with van der Waals surface area (Å²) in [5.41, 5.74) is 4.94. The van der Waals surface area contributed by atoms with Gasteiger partial charge in [-0.1, -0.05) is 5.56 Å². The Morgan fingerprint density at radius 1 is 1.14 bits per heavy atom. The number of nitrogens with zero attached hydrogens (tertiary/aromatic N) is 2. The molecule has 0 spiro atoms. The van der Waals surface area contributed by atoms with Crippen LogP contribution in [0.15, 0.2) is 42.7 Å². The van der Waals surface area contributed by atoms with Gasteiger partial charge in [0.05, 0.1) is 5.69 Å². The van der Waals surface area contributed by atoms with Crippen LogP contribution in [0.25, 0.3) is 16.4 Å². The van der Waals surface area contributed by atoms with Gasteiger partial charge in [0.2, 0.25) is 0 Å². The molecule has 1 aromatic carbocycles. The molecule has 1 aliphatic carbocycles. The molecule has 4 heteroatoms. The molecule has 3 aromatic rings. The van der Waals surface area contributed by atoms with E-state index in [1.807, 2.05) is 23.5 Å². The Labute approximate surface area is 154 Å². The molecule has 4 rings (SSSR count). The molecule has 103 valence electrons. The van der Waals surface area contributed by atoms with Crippen LogP contribution in [0, 0.1) is 6.92 Å². The Morgan fingerprint density at radius 3 is 2.76 bits per heavy atom. The summed E-state index contributed by atoms with van der Waals surface area (Å²) in [6.45, 7) is 4.04. The Morgan fingerprint density at radius 2 is 1.95 bits per heavy atom. The van der Waals surface area contributed by atoms with E-state index in [9.17, 15) is 0 Å². The van der Waals surface area contributed by atoms with Gasteiger partial charge in [-0.25, -0.2) is 4.98 Å². The van der Waals surface area contributed by atoms with Gasteiger partial charge < -0.3 is 4.57 Å². The second-order valence-corrected chi connectivity index (χ2v) is 6.27. The van der Waals surface area contributed by atoms with Gasteiger partial charge in [0.15, 0.2) is 5.13 Å². The second kappa shape index (κ2) is 6.08. The van der Waals surface area contributed by atoms with Crippen molar-refractivity contribution in [3.05, 3.63) is 65.7 Å². The van der Waals surface area contributed by atoms with Gasteiger partial charge in [0, 0.05) is 50.0 Å². The monoisotopic (exact) mass is 368 g/mol. The summed E-state index contributed by atoms with van der Waals surface area (Å²) in [6.07, 6.45) is 7.54. The summed E-state index contributed by atoms with van der Waals surface area (Å²) in [4.78, 5) is 6.29. The van der Waals surface area contributed by atoms with Gasteiger partial charge >= 0.3 is 0 Å². The van der Waals surface area contributed by atoms with Crippen molar-refractivity contribution in [2.24, 2.45) is 0 Å². The van der Waals surface area contributed by atoms with E-state index in [-0.39, 0.29) is 32.7 Å². The Kier molecular flexibility index (Phi) is 4.34. The Bertz CT molecular complexity index is 759. The van der Waals surface area contributed by atoms with E-state index in [2.05, 4.69) is 42.1 Å². The minimum atomic E-state index is 0. The average molecular weight is 368 g/mol. The number of benzene rings is 1. The molecule has 0 unspecified atom stereocenters. The molecule has 2 nitrogen and oxygen atoms in total. The van der Waals surface area contributed by atoms with E-state index in [4.69, 9.17) is 4.98 Å². The summed E-state index contributed by atoms with van der Waals surface area (Å²) in [5, 5.41) is 1.06. The summed E-state index contributed by atoms with van der Waals surface area (Å²) in [7, 11) is 0. The maximum Gasteiger partial charge on any atom is 0.194 e. The number of rotatable bonds is 1. The van der Waals surface area contributed by atoms with Crippen molar-refractivity contribution in [2.75, 3.05) is 0 Å². The molecule has 2 aromatic heterocycles. The number of hydrogen-bond donors (Lipinski definition) is 0. The minimum absolute atomic E-state index is 0. The molecule has 1 radical (unpaired) electrons. The van der Waals surface area contributed by atoms with Crippen molar-refractivity contribution in [2.45, 2.75) is 19.3 Å². The SMILES string of the molecule is [CH2-]c1ccc2c(c1)CCCc1sc(-n3cccc3)nc1-2.[Y]. The third-order valence-corrected chi connectivity index (χ3v) is 4.91. The van der Waals surface area contributed by atoms with Gasteiger partial charge in [0.25, 0.3) is 0 Å². The van der Waals surface area contributed by atoms with Crippen LogP contribution in [-0.4, -0.2) is 9.55 Å². The van der Waals surface area contributed by atoms with Crippen LogP contribution in [0.4, 0.5) is 0 Å². The molecule has 2 heterocycles. The topological polar surface area (TPSA) is 17.8 Å². The second-order valence-electron chi connectivity index (χ2n) is 5.20. The summed E-state index contributed by atoms with van der Waals surface area (Å²) in [5.74, 6) is 0. The first-order chi connectivity index (χ1) is 9.81. The standard InChI is InChI=1S/C17H15N2S.Y/c1-12-7-8-14-13(11-12)5-4-6-15-16(14)18-17(20-15)19-9-2-3-10-19;/h2-3,7-11H,1,4-6H2;/q-1;. The quantitative estimate of drug-likeness (QED) is 0.587. The smallest absolute Gasteiger partial charge is 0.194 e. The molecular weight excluding hydrogens is 353 g/mol. The number of aromatic nitrogens is 2. The maximum atomic E-state index is 4.89. The van der Waals surface area contributed by atoms with Crippen molar-refractivity contribution in [1.82, 2.24) is 9.55 Å². The average Bonchev–Trinajstić information content (AvgIpc) is 3.06. The third kappa shape index (κ3) is 2.75. The maximum absolute atomic E-state index is 4.89. The Hall–Kier alpha value is -0.896. The number of thiazole rings is 1. The summed E-state index contributed by atoms with van der Waals surface area (Å²) < 4.78 is 2.09. The number of hydrogen-bond acceptors (Lipinski definition) is 2. The van der Waals surface area contributed by atoms with E-state index in [0.29, 0.717) is 0 Å². The van der Waals surface area contributed by atoms with E-state index in [1.165, 1.54) is 28.1 Å². The van der Waals surface area contributed by atoms with E-state index in [1.54, 1.807) is 0 Å². The molecule has 0 saturated carbocycles. The summed E-state index contributed by atoms with van der Waals surface area (Å²) >= 11 is 1.81. The van der Waals surface area contributed by atoms with Crippen LogP contribution in [0.2, 0.25) is 0 Å². The first kappa shape index (κ1) is 15.0. The normalized spacial score (nSPS) is 13.0. The first-order valence-corrected chi connectivity index (χ1v) is 7.71. The number of aryl methyl sites for hydroxylation is 2. The zero-order valence-corrected chi connectivity index (χ0v) is 15.4. The van der Waals surface area contributed by atoms with Crippen LogP contribution < -0.4 is 0 Å². The van der Waals surface area contributed by atoms with Gasteiger partial charge in [-0.15, -0.1) is 17.4 Å². The van der Waals surface area contributed by atoms with Crippen molar-refractivity contribution >= 4 is 11.3 Å². The van der Waals surface area contributed by atoms with Crippen molar-refractivity contribution < 1.29 is 32.7 Å². The van der Waals surface area contributed by atoms with Crippen molar-refractivity contribution in [3.8, 4) is 16.4 Å². The fraction of sp³-hybridized carbons (Fsp3) is 0.176. The van der Waals surface area contributed by atoms with Gasteiger partial charge in [-0.2, -0.15) is 24.6 Å². The molecule has 21 heavy (non-hydrogen) atoms. The number of fused-ring (bicyclic) bond motifs is 3. The molecule has 0 aliphatic heterocycles. The van der Waals surface area contributed by atoms with Crippen molar-refractivity contribution in [1.29, 1.82) is 0 Å². The minimum Gasteiger partial charge on any atom is -0.300 e. The van der Waals surface area contributed by atoms with Crippen LogP contribution in [0.5, 0.6) is 0 Å². The fourth-order valence-electron chi connectivity index (χ4n) is 2.82. The molecule has 0 saturated heterocycles. The molecular formula is C17H15N2SY-. The first-order valence-electron chi connectivity index (χ1n) is 6.89. The van der Waals surface area contributed by atoms with Crippen LogP contribution >= 0.6 is 11.3 Å². The van der Waals surface area contributed by atoms with E-state index in [0.717, 1.165) is 23.5 Å². The van der Waals surface area contributed by atoms with Crippen molar-refractivity contribution in [3.63, 3.8) is 0 Å². The largest absolute Gasteiger partial charge is 0.300 e. The molecule has 0 amide bonds. The predicted molar refractivity (Wildman–Crippen MR) is 83.4 cm³/mol. The summed E-state index contributed by atoms with van der Waals surface area (Å²) in [6, 6.07) is 10.5. The van der Waals surface area contributed by atoms with Crippen LogP contribution in [0.1, 0.15) is 22.4 Å². The molecule has 1 aliphatic rings. The van der Waals surface area contributed by atoms with Gasteiger partial charge in [0.1, 0.15) is 0 Å².